The van der Waals surface area contributed by atoms with E-state index in [-0.39, 0.29) is 11.8 Å². The molecule has 0 radical (unpaired) electrons. The van der Waals surface area contributed by atoms with Gasteiger partial charge in [-0.05, 0) is 25.1 Å². The van der Waals surface area contributed by atoms with Crippen LogP contribution in [0.15, 0.2) is 23.6 Å². The predicted molar refractivity (Wildman–Crippen MR) is 112 cm³/mol. The average Bonchev–Trinajstić information content (AvgIpc) is 3.26. The SMILES string of the molecule is CNC(=O)c1ccc(OC)c(Nc2nc(-c3sc(NC(C)=O)nc3C)cs2)c1. The second-order valence-electron chi connectivity index (χ2n) is 5.77. The molecule has 0 unspecified atom stereocenters. The predicted octanol–water partition coefficient (Wildman–Crippen LogP) is 3.65. The number of nitrogens with zero attached hydrogens (tertiary/aromatic N) is 2. The third-order valence-electron chi connectivity index (χ3n) is 3.75. The van der Waals surface area contributed by atoms with E-state index in [1.54, 1.807) is 32.4 Å². The maximum Gasteiger partial charge on any atom is 0.251 e. The number of aryl methyl sites for hydroxylation is 1. The fourth-order valence-electron chi connectivity index (χ4n) is 2.48. The molecule has 0 aliphatic carbocycles. The molecule has 0 aliphatic rings. The van der Waals surface area contributed by atoms with Gasteiger partial charge in [0, 0.05) is 24.9 Å². The smallest absolute Gasteiger partial charge is 0.251 e. The van der Waals surface area contributed by atoms with Gasteiger partial charge in [0.1, 0.15) is 5.75 Å². The van der Waals surface area contributed by atoms with Gasteiger partial charge in [-0.25, -0.2) is 9.97 Å². The highest BCUT2D eigenvalue weighted by molar-refractivity contribution is 7.20. The van der Waals surface area contributed by atoms with Gasteiger partial charge < -0.3 is 20.7 Å². The Bertz CT molecular complexity index is 1030. The van der Waals surface area contributed by atoms with E-state index in [0.29, 0.717) is 27.3 Å². The van der Waals surface area contributed by atoms with Gasteiger partial charge in [-0.3, -0.25) is 9.59 Å². The van der Waals surface area contributed by atoms with Crippen molar-refractivity contribution in [3.63, 3.8) is 0 Å². The molecule has 0 saturated heterocycles. The first-order valence-corrected chi connectivity index (χ1v) is 9.99. The molecule has 146 valence electrons. The minimum absolute atomic E-state index is 0.163. The number of carbonyl (C=O) groups excluding carboxylic acids is 2. The van der Waals surface area contributed by atoms with E-state index >= 15 is 0 Å². The lowest BCUT2D eigenvalue weighted by atomic mass is 10.1. The minimum Gasteiger partial charge on any atom is -0.495 e. The molecular formula is C18H19N5O3S2. The Morgan fingerprint density at radius 2 is 1.96 bits per heavy atom. The van der Waals surface area contributed by atoms with Crippen molar-refractivity contribution < 1.29 is 14.3 Å². The first-order valence-electron chi connectivity index (χ1n) is 8.29. The number of hydrogen-bond acceptors (Lipinski definition) is 8. The van der Waals surface area contributed by atoms with Crippen molar-refractivity contribution in [3.8, 4) is 16.3 Å². The lowest BCUT2D eigenvalue weighted by molar-refractivity contribution is -0.114. The zero-order chi connectivity index (χ0) is 20.3. The third kappa shape index (κ3) is 4.29. The van der Waals surface area contributed by atoms with Crippen LogP contribution in [0.4, 0.5) is 16.0 Å². The molecule has 0 fully saturated rings. The fourth-order valence-corrected chi connectivity index (χ4v) is 4.24. The van der Waals surface area contributed by atoms with Gasteiger partial charge in [-0.1, -0.05) is 11.3 Å². The highest BCUT2D eigenvalue weighted by Gasteiger charge is 2.15. The summed E-state index contributed by atoms with van der Waals surface area (Å²) in [6, 6.07) is 5.14. The van der Waals surface area contributed by atoms with Gasteiger partial charge in [-0.15, -0.1) is 11.3 Å². The maximum atomic E-state index is 11.9. The van der Waals surface area contributed by atoms with Crippen molar-refractivity contribution in [1.29, 1.82) is 0 Å². The van der Waals surface area contributed by atoms with Gasteiger partial charge >= 0.3 is 0 Å². The number of thiazole rings is 2. The summed E-state index contributed by atoms with van der Waals surface area (Å²) in [6.45, 7) is 3.32. The fraction of sp³-hybridized carbons (Fsp3) is 0.222. The molecule has 28 heavy (non-hydrogen) atoms. The molecule has 0 saturated carbocycles. The van der Waals surface area contributed by atoms with Crippen LogP contribution in [0.2, 0.25) is 0 Å². The van der Waals surface area contributed by atoms with Crippen molar-refractivity contribution in [3.05, 3.63) is 34.8 Å². The topological polar surface area (TPSA) is 105 Å². The summed E-state index contributed by atoms with van der Waals surface area (Å²) >= 11 is 2.80. The molecule has 3 rings (SSSR count). The molecule has 2 aromatic heterocycles. The summed E-state index contributed by atoms with van der Waals surface area (Å²) in [5.41, 5.74) is 2.72. The van der Waals surface area contributed by atoms with Gasteiger partial charge in [0.15, 0.2) is 10.3 Å². The number of nitrogens with one attached hydrogen (secondary N) is 3. The van der Waals surface area contributed by atoms with Crippen LogP contribution in [0.25, 0.3) is 10.6 Å². The number of hydrogen-bond donors (Lipinski definition) is 3. The van der Waals surface area contributed by atoms with E-state index in [0.717, 1.165) is 16.3 Å². The van der Waals surface area contributed by atoms with Crippen molar-refractivity contribution in [2.45, 2.75) is 13.8 Å². The van der Waals surface area contributed by atoms with Crippen LogP contribution >= 0.6 is 22.7 Å². The Kier molecular flexibility index (Phi) is 5.90. The Morgan fingerprint density at radius 1 is 1.18 bits per heavy atom. The quantitative estimate of drug-likeness (QED) is 0.565. The zero-order valence-electron chi connectivity index (χ0n) is 15.7. The summed E-state index contributed by atoms with van der Waals surface area (Å²) < 4.78 is 5.37. The van der Waals surface area contributed by atoms with Crippen LogP contribution in [-0.4, -0.2) is 35.9 Å². The van der Waals surface area contributed by atoms with E-state index in [1.165, 1.54) is 29.6 Å². The number of amides is 2. The summed E-state index contributed by atoms with van der Waals surface area (Å²) in [5, 5.41) is 11.6. The number of anilines is 3. The monoisotopic (exact) mass is 417 g/mol. The Labute approximate surface area is 170 Å². The number of rotatable bonds is 6. The highest BCUT2D eigenvalue weighted by atomic mass is 32.1. The van der Waals surface area contributed by atoms with Crippen LogP contribution in [0.1, 0.15) is 23.0 Å². The normalized spacial score (nSPS) is 10.4. The summed E-state index contributed by atoms with van der Waals surface area (Å²) in [7, 11) is 3.15. The molecule has 0 spiro atoms. The zero-order valence-corrected chi connectivity index (χ0v) is 17.4. The average molecular weight is 418 g/mol. The van der Waals surface area contributed by atoms with E-state index in [9.17, 15) is 9.59 Å². The Balaban J connectivity index is 1.86. The van der Waals surface area contributed by atoms with Crippen molar-refractivity contribution in [2.75, 3.05) is 24.8 Å². The van der Waals surface area contributed by atoms with Gasteiger partial charge in [0.2, 0.25) is 5.91 Å². The number of ether oxygens (including phenoxy) is 1. The van der Waals surface area contributed by atoms with E-state index < -0.39 is 0 Å². The van der Waals surface area contributed by atoms with E-state index in [2.05, 4.69) is 25.9 Å². The Morgan fingerprint density at radius 3 is 2.64 bits per heavy atom. The standard InChI is InChI=1S/C18H19N5O3S2/c1-9-15(28-18(20-9)21-10(2)24)13-8-27-17(23-13)22-12-7-11(16(25)19-3)5-6-14(12)26-4/h5-8H,1-4H3,(H,19,25)(H,22,23)(H,20,21,24). The minimum atomic E-state index is -0.184. The lowest BCUT2D eigenvalue weighted by Crippen LogP contribution is -2.17. The Hall–Kier alpha value is -2.98. The number of carbonyl (C=O) groups is 2. The molecule has 3 aromatic rings. The second-order valence-corrected chi connectivity index (χ2v) is 7.63. The number of benzene rings is 1. The molecule has 2 heterocycles. The maximum absolute atomic E-state index is 11.9. The third-order valence-corrected chi connectivity index (χ3v) is 5.60. The molecule has 3 N–H and O–H groups in total. The van der Waals surface area contributed by atoms with Crippen LogP contribution in [0.5, 0.6) is 5.75 Å². The first kappa shape index (κ1) is 19.8. The van der Waals surface area contributed by atoms with Crippen LogP contribution < -0.4 is 20.7 Å². The van der Waals surface area contributed by atoms with Gasteiger partial charge in [-0.2, -0.15) is 0 Å². The van der Waals surface area contributed by atoms with Crippen molar-refractivity contribution in [1.82, 2.24) is 15.3 Å². The highest BCUT2D eigenvalue weighted by Crippen LogP contribution is 2.36. The van der Waals surface area contributed by atoms with Crippen LogP contribution in [0.3, 0.4) is 0 Å². The molecule has 10 heteroatoms. The molecule has 0 aliphatic heterocycles. The van der Waals surface area contributed by atoms with Gasteiger partial charge in [0.05, 0.1) is 29.1 Å². The van der Waals surface area contributed by atoms with E-state index in [1.807, 2.05) is 12.3 Å². The number of methoxy groups -OCH3 is 1. The molecule has 2 amide bonds. The van der Waals surface area contributed by atoms with Crippen LogP contribution in [-0.2, 0) is 4.79 Å². The molecule has 1 aromatic carbocycles. The second kappa shape index (κ2) is 8.36. The summed E-state index contributed by atoms with van der Waals surface area (Å²) in [6.07, 6.45) is 0. The largest absolute Gasteiger partial charge is 0.495 e. The van der Waals surface area contributed by atoms with Gasteiger partial charge in [0.25, 0.3) is 5.91 Å². The molecule has 0 atom stereocenters. The summed E-state index contributed by atoms with van der Waals surface area (Å²) in [5.74, 6) is 0.256. The molecule has 0 bridgehead atoms. The number of aromatic nitrogens is 2. The molecular weight excluding hydrogens is 398 g/mol. The van der Waals surface area contributed by atoms with E-state index in [4.69, 9.17) is 4.74 Å². The summed E-state index contributed by atoms with van der Waals surface area (Å²) in [4.78, 5) is 33.0. The molecule has 8 nitrogen and oxygen atoms in total. The van der Waals surface area contributed by atoms with Crippen LogP contribution in [0, 0.1) is 6.92 Å². The van der Waals surface area contributed by atoms with Crippen molar-refractivity contribution >= 4 is 50.4 Å². The first-order chi connectivity index (χ1) is 13.4. The lowest BCUT2D eigenvalue weighted by Gasteiger charge is -2.10. The van der Waals surface area contributed by atoms with Crippen molar-refractivity contribution in [2.24, 2.45) is 0 Å².